The van der Waals surface area contributed by atoms with Crippen LogP contribution in [0.25, 0.3) is 73.6 Å². The van der Waals surface area contributed by atoms with Crippen LogP contribution in [0.5, 0.6) is 0 Å². The second kappa shape index (κ2) is 16.0. The number of aromatic nitrogens is 3. The Labute approximate surface area is 413 Å². The van der Waals surface area contributed by atoms with Gasteiger partial charge in [0.2, 0.25) is 0 Å². The Bertz CT molecular complexity index is 3810. The third-order valence-corrected chi connectivity index (χ3v) is 16.8. The highest BCUT2D eigenvalue weighted by Crippen LogP contribution is 2.51. The molecule has 13 rings (SSSR count). The maximum atomic E-state index is 12.5. The highest BCUT2D eigenvalue weighted by molar-refractivity contribution is 5.98. The minimum Gasteiger partial charge on any atom is -0.311 e. The van der Waals surface area contributed by atoms with E-state index in [0.29, 0.717) is 17.8 Å². The van der Waals surface area contributed by atoms with Crippen molar-refractivity contribution in [3.05, 3.63) is 193 Å². The fourth-order valence-corrected chi connectivity index (χ4v) is 13.5. The van der Waals surface area contributed by atoms with Crippen molar-refractivity contribution in [3.8, 4) is 23.1 Å². The first-order valence-electron chi connectivity index (χ1n) is 26.0. The van der Waals surface area contributed by atoms with Gasteiger partial charge in [-0.25, -0.2) is 0 Å². The smallest absolute Gasteiger partial charge is 0.104 e. The lowest BCUT2D eigenvalue weighted by molar-refractivity contribution is 0.702. The van der Waals surface area contributed by atoms with Crippen LogP contribution >= 0.6 is 0 Å². The van der Waals surface area contributed by atoms with Crippen molar-refractivity contribution >= 4 is 56.5 Å². The molecule has 0 fully saturated rings. The van der Waals surface area contributed by atoms with E-state index >= 15 is 0 Å². The van der Waals surface area contributed by atoms with Crippen molar-refractivity contribution in [2.45, 2.75) is 106 Å². The monoisotopic (exact) mass is 910 g/mol. The predicted molar refractivity (Wildman–Crippen MR) is 294 cm³/mol. The highest BCUT2D eigenvalue weighted by Gasteiger charge is 2.36. The molecule has 0 amide bonds. The molecule has 4 atom stereocenters. The number of nitriles is 1. The van der Waals surface area contributed by atoms with Crippen LogP contribution in [0, 0.1) is 56.8 Å². The molecule has 0 saturated heterocycles. The molecule has 4 unspecified atom stereocenters. The number of benzene rings is 5. The summed E-state index contributed by atoms with van der Waals surface area (Å²) in [5, 5.41) is 16.3. The molecular weight excluding hydrogens is 849 g/mol. The summed E-state index contributed by atoms with van der Waals surface area (Å²) < 4.78 is 7.61. The van der Waals surface area contributed by atoms with Gasteiger partial charge in [-0.3, -0.25) is 0 Å². The average molecular weight is 911 g/mol. The summed E-state index contributed by atoms with van der Waals surface area (Å²) in [5.74, 6) is 1.62. The van der Waals surface area contributed by atoms with Gasteiger partial charge < -0.3 is 13.7 Å². The first kappa shape index (κ1) is 43.0. The SMILES string of the molecule is CC1=Cc2c(n(-c3c(CCC4C5=C(CC(C)C=C5)c5cc(C)ccc54)cc(-n4c5c(c6cc(C)ccc64)CC(C)C=C5)c(-n4c5c(c6cc(C)ccc64)CC(C)C=C5)c3C#N)c3ccc(C)cc23)CC1. The van der Waals surface area contributed by atoms with Crippen molar-refractivity contribution in [2.75, 3.05) is 0 Å². The van der Waals surface area contributed by atoms with Crippen molar-refractivity contribution < 1.29 is 0 Å². The number of nitrogens with zero attached hydrogens (tertiary/aromatic N) is 4. The third-order valence-electron chi connectivity index (χ3n) is 16.8. The fraction of sp³-hybridized carbons (Fsp3) is 0.288. The van der Waals surface area contributed by atoms with E-state index in [0.717, 1.165) is 73.1 Å². The van der Waals surface area contributed by atoms with E-state index in [2.05, 4.69) is 197 Å². The number of rotatable bonds is 6. The van der Waals surface area contributed by atoms with Crippen molar-refractivity contribution in [3.63, 3.8) is 0 Å². The number of hydrogen-bond donors (Lipinski definition) is 0. The zero-order chi connectivity index (χ0) is 47.9. The maximum absolute atomic E-state index is 12.5. The molecule has 0 bridgehead atoms. The normalized spacial score (nSPS) is 20.0. The summed E-state index contributed by atoms with van der Waals surface area (Å²) in [4.78, 5) is 0. The summed E-state index contributed by atoms with van der Waals surface area (Å²) >= 11 is 0. The van der Waals surface area contributed by atoms with Gasteiger partial charge in [0, 0.05) is 44.7 Å². The second-order valence-corrected chi connectivity index (χ2v) is 22.1. The van der Waals surface area contributed by atoms with Crippen molar-refractivity contribution in [1.82, 2.24) is 13.7 Å². The Hall–Kier alpha value is -7.09. The molecule has 5 aliphatic carbocycles. The van der Waals surface area contributed by atoms with Gasteiger partial charge in [0.1, 0.15) is 11.6 Å². The molecule has 346 valence electrons. The first-order chi connectivity index (χ1) is 33.9. The molecule has 3 aromatic heterocycles. The summed E-state index contributed by atoms with van der Waals surface area (Å²) in [6.07, 6.45) is 23.5. The maximum Gasteiger partial charge on any atom is 0.104 e. The Morgan fingerprint density at radius 1 is 0.586 bits per heavy atom. The number of hydrogen-bond acceptors (Lipinski definition) is 1. The predicted octanol–water partition coefficient (Wildman–Crippen LogP) is 16.5. The number of fused-ring (bicyclic) bond motifs is 11. The summed E-state index contributed by atoms with van der Waals surface area (Å²) in [5.41, 5.74) is 28.7. The van der Waals surface area contributed by atoms with E-state index in [-0.39, 0.29) is 5.92 Å². The van der Waals surface area contributed by atoms with Crippen molar-refractivity contribution in [2.24, 2.45) is 17.8 Å². The Kier molecular flexibility index (Phi) is 9.81. The zero-order valence-electron chi connectivity index (χ0n) is 42.1. The lowest BCUT2D eigenvalue weighted by Crippen LogP contribution is -2.17. The second-order valence-electron chi connectivity index (χ2n) is 22.1. The van der Waals surface area contributed by atoms with E-state index < -0.39 is 0 Å². The molecule has 0 saturated carbocycles. The van der Waals surface area contributed by atoms with Gasteiger partial charge in [0.15, 0.2) is 0 Å². The van der Waals surface area contributed by atoms with Gasteiger partial charge in [0.25, 0.3) is 0 Å². The largest absolute Gasteiger partial charge is 0.311 e. The van der Waals surface area contributed by atoms with E-state index in [9.17, 15) is 5.26 Å². The van der Waals surface area contributed by atoms with E-state index in [1.807, 2.05) is 0 Å². The van der Waals surface area contributed by atoms with Crippen LogP contribution in [0.2, 0.25) is 0 Å². The van der Waals surface area contributed by atoms with Gasteiger partial charge in [-0.05, 0) is 191 Å². The molecule has 70 heavy (non-hydrogen) atoms. The van der Waals surface area contributed by atoms with Gasteiger partial charge in [0.05, 0.1) is 33.6 Å². The molecule has 0 N–H and O–H groups in total. The molecule has 4 heteroatoms. The van der Waals surface area contributed by atoms with Crippen LogP contribution in [-0.2, 0) is 25.7 Å². The van der Waals surface area contributed by atoms with Gasteiger partial charge in [-0.1, -0.05) is 115 Å². The zero-order valence-corrected chi connectivity index (χ0v) is 42.1. The Balaban J connectivity index is 1.18. The Morgan fingerprint density at radius 2 is 1.16 bits per heavy atom. The van der Waals surface area contributed by atoms with Crippen LogP contribution in [0.15, 0.2) is 114 Å². The summed E-state index contributed by atoms with van der Waals surface area (Å²) in [6.45, 7) is 18.2. The molecular formula is C66H62N4. The van der Waals surface area contributed by atoms with Crippen molar-refractivity contribution in [1.29, 1.82) is 5.26 Å². The molecule has 0 radical (unpaired) electrons. The molecule has 4 nitrogen and oxygen atoms in total. The van der Waals surface area contributed by atoms with Crippen LogP contribution in [-0.4, -0.2) is 13.7 Å². The molecule has 0 spiro atoms. The lowest BCUT2D eigenvalue weighted by Gasteiger charge is -2.27. The molecule has 0 aliphatic heterocycles. The number of allylic oxidation sites excluding steroid dienone is 7. The van der Waals surface area contributed by atoms with E-state index in [1.165, 1.54) is 117 Å². The van der Waals surface area contributed by atoms with E-state index in [1.54, 1.807) is 0 Å². The summed E-state index contributed by atoms with van der Waals surface area (Å²) in [7, 11) is 0. The lowest BCUT2D eigenvalue weighted by atomic mass is 9.85. The minimum atomic E-state index is 0.266. The van der Waals surface area contributed by atoms with Crippen LogP contribution in [0.3, 0.4) is 0 Å². The molecule has 8 aromatic rings. The first-order valence-corrected chi connectivity index (χ1v) is 26.0. The van der Waals surface area contributed by atoms with Crippen LogP contribution < -0.4 is 0 Å². The highest BCUT2D eigenvalue weighted by atomic mass is 15.1. The fourth-order valence-electron chi connectivity index (χ4n) is 13.5. The average Bonchev–Trinajstić information content (AvgIpc) is 4.03. The van der Waals surface area contributed by atoms with E-state index in [4.69, 9.17) is 0 Å². The van der Waals surface area contributed by atoms with Gasteiger partial charge >= 0.3 is 0 Å². The summed E-state index contributed by atoms with van der Waals surface area (Å²) in [6, 6.07) is 33.7. The topological polar surface area (TPSA) is 38.6 Å². The third kappa shape index (κ3) is 6.46. The van der Waals surface area contributed by atoms with Crippen LogP contribution in [0.1, 0.15) is 131 Å². The van der Waals surface area contributed by atoms with Gasteiger partial charge in [-0.2, -0.15) is 5.26 Å². The molecule has 5 aromatic carbocycles. The number of aryl methyl sites for hydroxylation is 5. The standard InChI is InChI=1S/C66H62N4/c1-37-9-18-47-46(48-19-10-38(2)28-50(48)49(47)27-37)20-17-45-35-64(68-58-21-11-39(3)29-51(58)52-30-40(4)12-22-59(52)68)66(70-62-25-15-43(7)33-55(62)56-34-44(8)16-26-63(56)70)57(36-67)65(45)69-60-23-13-41(5)31-53(60)54-32-42(6)14-24-61(54)69/h9-13,15-16,18-19,21-23,25-27,29,31-33,35,38,40,44,46H,14,17,20,24,28,30,34H2,1-8H3. The molecule has 5 aliphatic rings. The quantitative estimate of drug-likeness (QED) is 0.164. The Morgan fingerprint density at radius 3 is 1.83 bits per heavy atom. The van der Waals surface area contributed by atoms with Gasteiger partial charge in [-0.15, -0.1) is 0 Å². The molecule has 3 heterocycles. The minimum absolute atomic E-state index is 0.266. The van der Waals surface area contributed by atoms with Crippen LogP contribution in [0.4, 0.5) is 0 Å².